The van der Waals surface area contributed by atoms with E-state index in [4.69, 9.17) is 9.47 Å². The van der Waals surface area contributed by atoms with Crippen LogP contribution in [0.4, 0.5) is 0 Å². The van der Waals surface area contributed by atoms with E-state index in [-0.39, 0.29) is 18.7 Å². The Morgan fingerprint density at radius 1 is 1.07 bits per heavy atom. The molecule has 0 bridgehead atoms. The van der Waals surface area contributed by atoms with Gasteiger partial charge in [0.25, 0.3) is 17.7 Å². The summed E-state index contributed by atoms with van der Waals surface area (Å²) >= 11 is 0. The van der Waals surface area contributed by atoms with Crippen molar-refractivity contribution >= 4 is 23.6 Å². The number of aromatic nitrogens is 1. The Morgan fingerprint density at radius 3 is 2.46 bits per heavy atom. The van der Waals surface area contributed by atoms with Crippen LogP contribution in [0.1, 0.15) is 22.5 Å². The van der Waals surface area contributed by atoms with Crippen molar-refractivity contribution in [2.24, 2.45) is 0 Å². The second kappa shape index (κ2) is 6.22. The molecule has 9 heteroatoms. The first-order chi connectivity index (χ1) is 13.4. The molecule has 0 saturated carbocycles. The Kier molecular flexibility index (Phi) is 3.95. The van der Waals surface area contributed by atoms with Crippen LogP contribution in [0, 0.1) is 0 Å². The highest BCUT2D eigenvalue weighted by molar-refractivity contribution is 6.24. The van der Waals surface area contributed by atoms with E-state index >= 15 is 0 Å². The first-order valence-electron chi connectivity index (χ1n) is 8.51. The molecule has 2 aliphatic heterocycles. The molecule has 3 heterocycles. The van der Waals surface area contributed by atoms with Crippen LogP contribution in [0.3, 0.4) is 0 Å². The van der Waals surface area contributed by atoms with Crippen LogP contribution in [0.15, 0.2) is 36.5 Å². The lowest BCUT2D eigenvalue weighted by Gasteiger charge is -2.37. The van der Waals surface area contributed by atoms with Crippen molar-refractivity contribution < 1.29 is 28.7 Å². The van der Waals surface area contributed by atoms with Crippen LogP contribution in [-0.2, 0) is 26.5 Å². The van der Waals surface area contributed by atoms with E-state index in [0.717, 1.165) is 4.90 Å². The Bertz CT molecular complexity index is 1030. The number of imide groups is 2. The van der Waals surface area contributed by atoms with Gasteiger partial charge in [-0.05, 0) is 29.8 Å². The first-order valence-corrected chi connectivity index (χ1v) is 8.51. The Labute approximate surface area is 159 Å². The standard InChI is InChI=1S/C19H17N3O6/c1-27-13-6-5-11(8-14(13)28-2)10-21-16(24)12-4-3-7-22(12)19(18(21)26)9-15(23)20-17(19)25/h3-8H,9-10H2,1-2H3,(H,20,23,25). The zero-order chi connectivity index (χ0) is 20.1. The Balaban J connectivity index is 1.77. The molecule has 4 amide bonds. The van der Waals surface area contributed by atoms with E-state index in [0.29, 0.717) is 17.1 Å². The molecule has 1 fully saturated rings. The Hall–Kier alpha value is -3.62. The number of amides is 4. The number of benzene rings is 1. The fraction of sp³-hybridized carbons (Fsp3) is 0.263. The third-order valence-corrected chi connectivity index (χ3v) is 5.06. The summed E-state index contributed by atoms with van der Waals surface area (Å²) in [5.41, 5.74) is -0.996. The topological polar surface area (TPSA) is 107 Å². The van der Waals surface area contributed by atoms with E-state index < -0.39 is 29.2 Å². The highest BCUT2D eigenvalue weighted by Gasteiger charge is 2.60. The van der Waals surface area contributed by atoms with Crippen LogP contribution in [-0.4, -0.2) is 47.3 Å². The highest BCUT2D eigenvalue weighted by Crippen LogP contribution is 2.36. The summed E-state index contributed by atoms with van der Waals surface area (Å²) in [5, 5.41) is 2.18. The van der Waals surface area contributed by atoms with Crippen molar-refractivity contribution in [1.29, 1.82) is 0 Å². The molecule has 0 aliphatic carbocycles. The number of ether oxygens (including phenoxy) is 2. The molecular formula is C19H17N3O6. The minimum atomic E-state index is -1.78. The molecule has 1 spiro atoms. The predicted molar refractivity (Wildman–Crippen MR) is 94.6 cm³/mol. The minimum Gasteiger partial charge on any atom is -0.493 e. The van der Waals surface area contributed by atoms with Crippen LogP contribution in [0.2, 0.25) is 0 Å². The SMILES string of the molecule is COc1ccc(CN2C(=O)c3cccn3C3(CC(=O)NC3=O)C2=O)cc1OC. The van der Waals surface area contributed by atoms with Gasteiger partial charge in [0.15, 0.2) is 11.5 Å². The minimum absolute atomic E-state index is 0.0770. The lowest BCUT2D eigenvalue weighted by Crippen LogP contribution is -2.60. The number of hydrogen-bond acceptors (Lipinski definition) is 6. The van der Waals surface area contributed by atoms with Crippen molar-refractivity contribution in [2.45, 2.75) is 18.5 Å². The van der Waals surface area contributed by atoms with Crippen molar-refractivity contribution in [2.75, 3.05) is 14.2 Å². The summed E-state index contributed by atoms with van der Waals surface area (Å²) in [6.07, 6.45) is 1.12. The van der Waals surface area contributed by atoms with Crippen LogP contribution >= 0.6 is 0 Å². The van der Waals surface area contributed by atoms with Crippen molar-refractivity contribution in [3.8, 4) is 11.5 Å². The van der Waals surface area contributed by atoms with E-state index in [9.17, 15) is 19.2 Å². The van der Waals surface area contributed by atoms with Crippen LogP contribution < -0.4 is 14.8 Å². The molecule has 1 aromatic heterocycles. The van der Waals surface area contributed by atoms with Gasteiger partial charge in [0.05, 0.1) is 27.2 Å². The van der Waals surface area contributed by atoms with Crippen molar-refractivity contribution in [1.82, 2.24) is 14.8 Å². The second-order valence-electron chi connectivity index (χ2n) is 6.56. The van der Waals surface area contributed by atoms with Gasteiger partial charge in [0.2, 0.25) is 11.4 Å². The second-order valence-corrected chi connectivity index (χ2v) is 6.56. The fourth-order valence-corrected chi connectivity index (χ4v) is 3.70. The van der Waals surface area contributed by atoms with Gasteiger partial charge in [0.1, 0.15) is 5.69 Å². The number of methoxy groups -OCH3 is 2. The molecular weight excluding hydrogens is 366 g/mol. The molecule has 144 valence electrons. The molecule has 4 rings (SSSR count). The average Bonchev–Trinajstić information content (AvgIpc) is 3.28. The number of carbonyl (C=O) groups is 4. The summed E-state index contributed by atoms with van der Waals surface area (Å²) < 4.78 is 11.8. The molecule has 1 atom stereocenters. The molecule has 0 radical (unpaired) electrons. The van der Waals surface area contributed by atoms with Crippen LogP contribution in [0.25, 0.3) is 0 Å². The van der Waals surface area contributed by atoms with Gasteiger partial charge in [-0.25, -0.2) is 0 Å². The number of nitrogens with one attached hydrogen (secondary N) is 1. The Morgan fingerprint density at radius 2 is 1.82 bits per heavy atom. The molecule has 1 saturated heterocycles. The third-order valence-electron chi connectivity index (χ3n) is 5.06. The zero-order valence-electron chi connectivity index (χ0n) is 15.2. The lowest BCUT2D eigenvalue weighted by molar-refractivity contribution is -0.147. The molecule has 2 aromatic rings. The molecule has 2 aliphatic rings. The largest absolute Gasteiger partial charge is 0.493 e. The summed E-state index contributed by atoms with van der Waals surface area (Å²) in [4.78, 5) is 51.6. The summed E-state index contributed by atoms with van der Waals surface area (Å²) in [7, 11) is 2.98. The third kappa shape index (κ3) is 2.32. The van der Waals surface area contributed by atoms with Gasteiger partial charge in [-0.2, -0.15) is 0 Å². The van der Waals surface area contributed by atoms with E-state index in [2.05, 4.69) is 5.32 Å². The molecule has 28 heavy (non-hydrogen) atoms. The lowest BCUT2D eigenvalue weighted by atomic mass is 9.91. The van der Waals surface area contributed by atoms with E-state index in [1.54, 1.807) is 24.3 Å². The highest BCUT2D eigenvalue weighted by atomic mass is 16.5. The van der Waals surface area contributed by atoms with Crippen molar-refractivity contribution in [3.05, 3.63) is 47.8 Å². The summed E-state index contributed by atoms with van der Waals surface area (Å²) in [6.45, 7) is -0.0770. The smallest absolute Gasteiger partial charge is 0.277 e. The number of carbonyl (C=O) groups excluding carboxylic acids is 4. The maximum atomic E-state index is 13.3. The van der Waals surface area contributed by atoms with E-state index in [1.165, 1.54) is 31.0 Å². The molecule has 1 aromatic carbocycles. The van der Waals surface area contributed by atoms with E-state index in [1.807, 2.05) is 0 Å². The molecule has 9 nitrogen and oxygen atoms in total. The number of hydrogen-bond donors (Lipinski definition) is 1. The zero-order valence-corrected chi connectivity index (χ0v) is 15.2. The fourth-order valence-electron chi connectivity index (χ4n) is 3.70. The number of rotatable bonds is 4. The van der Waals surface area contributed by atoms with Gasteiger partial charge >= 0.3 is 0 Å². The van der Waals surface area contributed by atoms with Gasteiger partial charge in [-0.15, -0.1) is 0 Å². The molecule has 1 unspecified atom stereocenters. The summed E-state index contributed by atoms with van der Waals surface area (Å²) in [6, 6.07) is 8.10. The maximum absolute atomic E-state index is 13.3. The van der Waals surface area contributed by atoms with Gasteiger partial charge in [-0.1, -0.05) is 6.07 Å². The predicted octanol–water partition coefficient (Wildman–Crippen LogP) is 0.430. The number of fused-ring (bicyclic) bond motifs is 2. The maximum Gasteiger partial charge on any atom is 0.277 e. The quantitative estimate of drug-likeness (QED) is 0.606. The average molecular weight is 383 g/mol. The monoisotopic (exact) mass is 383 g/mol. The summed E-state index contributed by atoms with van der Waals surface area (Å²) in [5.74, 6) is -1.61. The number of nitrogens with zero attached hydrogens (tertiary/aromatic N) is 2. The van der Waals surface area contributed by atoms with Gasteiger partial charge in [-0.3, -0.25) is 29.4 Å². The van der Waals surface area contributed by atoms with Crippen LogP contribution in [0.5, 0.6) is 11.5 Å². The van der Waals surface area contributed by atoms with Crippen molar-refractivity contribution in [3.63, 3.8) is 0 Å². The normalized spacial score (nSPS) is 21.1. The van der Waals surface area contributed by atoms with Gasteiger partial charge in [0, 0.05) is 6.20 Å². The first kappa shape index (κ1) is 17.8. The molecule has 1 N–H and O–H groups in total. The van der Waals surface area contributed by atoms with Gasteiger partial charge < -0.3 is 14.0 Å².